The highest BCUT2D eigenvalue weighted by molar-refractivity contribution is 6.07. The van der Waals surface area contributed by atoms with Gasteiger partial charge in [0.15, 0.2) is 6.10 Å². The number of pyridine rings is 1. The fraction of sp³-hybridized carbons (Fsp3) is 0.316. The minimum absolute atomic E-state index is 0.225. The number of hydroxylamine groups is 1. The van der Waals surface area contributed by atoms with Gasteiger partial charge >= 0.3 is 0 Å². The van der Waals surface area contributed by atoms with Gasteiger partial charge in [0.05, 0.1) is 24.9 Å². The van der Waals surface area contributed by atoms with Crippen LogP contribution in [0.15, 0.2) is 54.9 Å². The van der Waals surface area contributed by atoms with Crippen molar-refractivity contribution in [2.24, 2.45) is 5.92 Å². The molecule has 0 bridgehead atoms. The number of benzene rings is 1. The van der Waals surface area contributed by atoms with E-state index in [9.17, 15) is 9.59 Å². The molecule has 1 aromatic heterocycles. The molecule has 4 rings (SSSR count). The molecular formula is C19H19N3O4. The first-order chi connectivity index (χ1) is 12.7. The molecular weight excluding hydrogens is 334 g/mol. The van der Waals surface area contributed by atoms with Crippen molar-refractivity contribution in [1.29, 1.82) is 0 Å². The molecule has 134 valence electrons. The number of likely N-dealkylation sites (tertiary alicyclic amines) is 1. The molecule has 2 saturated heterocycles. The van der Waals surface area contributed by atoms with E-state index in [4.69, 9.17) is 9.57 Å². The highest BCUT2D eigenvalue weighted by Crippen LogP contribution is 2.46. The zero-order valence-electron chi connectivity index (χ0n) is 14.3. The van der Waals surface area contributed by atoms with Crippen molar-refractivity contribution in [3.63, 3.8) is 0 Å². The fourth-order valence-corrected chi connectivity index (χ4v) is 3.57. The average Bonchev–Trinajstić information content (AvgIpc) is 3.19. The Bertz CT molecular complexity index is 799. The Morgan fingerprint density at radius 2 is 1.81 bits per heavy atom. The topological polar surface area (TPSA) is 72.0 Å². The van der Waals surface area contributed by atoms with E-state index in [-0.39, 0.29) is 18.4 Å². The van der Waals surface area contributed by atoms with Gasteiger partial charge < -0.3 is 4.74 Å². The van der Waals surface area contributed by atoms with Crippen LogP contribution in [0.2, 0.25) is 0 Å². The number of methoxy groups -OCH3 is 1. The van der Waals surface area contributed by atoms with E-state index in [0.717, 1.165) is 11.3 Å². The Balaban J connectivity index is 1.73. The molecule has 3 heterocycles. The standard InChI is InChI=1S/C19H19N3O4/c1-25-12-11-21-18(23)15-16(13-7-9-20-10-8-13)22(26-17(15)19(21)24)14-5-3-2-4-6-14/h2-10,15-17H,11-12H2,1H3/t15-,16+,17-/m0/s1. The predicted octanol–water partition coefficient (Wildman–Crippen LogP) is 1.57. The van der Waals surface area contributed by atoms with Crippen LogP contribution in [-0.2, 0) is 19.2 Å². The molecule has 0 radical (unpaired) electrons. The molecule has 1 aromatic carbocycles. The first kappa shape index (κ1) is 16.7. The lowest BCUT2D eigenvalue weighted by Crippen LogP contribution is -2.39. The lowest BCUT2D eigenvalue weighted by atomic mass is 9.91. The minimum Gasteiger partial charge on any atom is -0.383 e. The number of para-hydroxylation sites is 1. The van der Waals surface area contributed by atoms with E-state index in [1.54, 1.807) is 24.6 Å². The van der Waals surface area contributed by atoms with Crippen LogP contribution >= 0.6 is 0 Å². The van der Waals surface area contributed by atoms with Crippen LogP contribution in [0.1, 0.15) is 11.6 Å². The van der Waals surface area contributed by atoms with Crippen molar-refractivity contribution >= 4 is 17.5 Å². The van der Waals surface area contributed by atoms with E-state index in [1.807, 2.05) is 42.5 Å². The predicted molar refractivity (Wildman–Crippen MR) is 92.9 cm³/mol. The molecule has 26 heavy (non-hydrogen) atoms. The molecule has 3 atom stereocenters. The van der Waals surface area contributed by atoms with Gasteiger partial charge in [-0.1, -0.05) is 18.2 Å². The van der Waals surface area contributed by atoms with Crippen molar-refractivity contribution in [2.75, 3.05) is 25.3 Å². The summed E-state index contributed by atoms with van der Waals surface area (Å²) in [4.78, 5) is 37.0. The highest BCUT2D eigenvalue weighted by atomic mass is 16.7. The number of anilines is 1. The van der Waals surface area contributed by atoms with Crippen molar-refractivity contribution in [1.82, 2.24) is 9.88 Å². The number of hydrogen-bond acceptors (Lipinski definition) is 6. The summed E-state index contributed by atoms with van der Waals surface area (Å²) < 4.78 is 5.02. The summed E-state index contributed by atoms with van der Waals surface area (Å²) in [6.45, 7) is 0.540. The second kappa shape index (κ2) is 6.86. The molecule has 0 saturated carbocycles. The number of imide groups is 1. The number of hydrogen-bond donors (Lipinski definition) is 0. The van der Waals surface area contributed by atoms with Crippen molar-refractivity contribution in [2.45, 2.75) is 12.1 Å². The number of nitrogens with zero attached hydrogens (tertiary/aromatic N) is 3. The first-order valence-electron chi connectivity index (χ1n) is 8.47. The van der Waals surface area contributed by atoms with E-state index in [1.165, 1.54) is 4.90 Å². The van der Waals surface area contributed by atoms with Gasteiger partial charge in [0, 0.05) is 19.5 Å². The Hall–Kier alpha value is -2.77. The summed E-state index contributed by atoms with van der Waals surface area (Å²) in [5.74, 6) is -1.13. The SMILES string of the molecule is COCCN1C(=O)[C@@H]2[C@H](ON(c3ccccc3)[C@@H]2c2ccncc2)C1=O. The smallest absolute Gasteiger partial charge is 0.262 e. The van der Waals surface area contributed by atoms with Gasteiger partial charge in [0.25, 0.3) is 5.91 Å². The molecule has 2 aliphatic heterocycles. The summed E-state index contributed by atoms with van der Waals surface area (Å²) in [7, 11) is 1.54. The normalized spacial score (nSPS) is 25.0. The number of carbonyl (C=O) groups excluding carboxylic acids is 2. The van der Waals surface area contributed by atoms with Crippen LogP contribution in [0, 0.1) is 5.92 Å². The van der Waals surface area contributed by atoms with Gasteiger partial charge in [-0.3, -0.25) is 24.3 Å². The lowest BCUT2D eigenvalue weighted by Gasteiger charge is -2.28. The molecule has 2 aliphatic rings. The second-order valence-corrected chi connectivity index (χ2v) is 6.26. The summed E-state index contributed by atoms with van der Waals surface area (Å²) in [6.07, 6.45) is 2.53. The quantitative estimate of drug-likeness (QED) is 0.760. The molecule has 2 aromatic rings. The third-order valence-electron chi connectivity index (χ3n) is 4.78. The zero-order chi connectivity index (χ0) is 18.1. The third kappa shape index (κ3) is 2.65. The molecule has 2 amide bonds. The molecule has 0 unspecified atom stereocenters. The Labute approximate surface area is 151 Å². The molecule has 0 spiro atoms. The van der Waals surface area contributed by atoms with Gasteiger partial charge in [0.2, 0.25) is 5.91 Å². The van der Waals surface area contributed by atoms with E-state index < -0.39 is 18.1 Å². The van der Waals surface area contributed by atoms with Crippen molar-refractivity contribution < 1.29 is 19.2 Å². The van der Waals surface area contributed by atoms with E-state index >= 15 is 0 Å². The maximum atomic E-state index is 13.0. The number of rotatable bonds is 5. The summed E-state index contributed by atoms with van der Waals surface area (Å²) in [6, 6.07) is 12.8. The average molecular weight is 353 g/mol. The Morgan fingerprint density at radius 1 is 1.08 bits per heavy atom. The lowest BCUT2D eigenvalue weighted by molar-refractivity contribution is -0.143. The maximum Gasteiger partial charge on any atom is 0.262 e. The Kier molecular flexibility index (Phi) is 4.40. The van der Waals surface area contributed by atoms with E-state index in [0.29, 0.717) is 6.61 Å². The van der Waals surface area contributed by atoms with Gasteiger partial charge in [0.1, 0.15) is 5.92 Å². The molecule has 0 aliphatic carbocycles. The third-order valence-corrected chi connectivity index (χ3v) is 4.78. The fourth-order valence-electron chi connectivity index (χ4n) is 3.57. The van der Waals surface area contributed by atoms with Crippen LogP contribution < -0.4 is 5.06 Å². The van der Waals surface area contributed by atoms with E-state index in [2.05, 4.69) is 4.98 Å². The van der Waals surface area contributed by atoms with Crippen molar-refractivity contribution in [3.8, 4) is 0 Å². The monoisotopic (exact) mass is 353 g/mol. The largest absolute Gasteiger partial charge is 0.383 e. The molecule has 7 heteroatoms. The van der Waals surface area contributed by atoms with Crippen LogP contribution in [0.4, 0.5) is 5.69 Å². The summed E-state index contributed by atoms with van der Waals surface area (Å²) in [5, 5.41) is 1.67. The second-order valence-electron chi connectivity index (χ2n) is 6.26. The molecule has 0 N–H and O–H groups in total. The Morgan fingerprint density at radius 3 is 2.50 bits per heavy atom. The number of ether oxygens (including phenoxy) is 1. The summed E-state index contributed by atoms with van der Waals surface area (Å²) >= 11 is 0. The van der Waals surface area contributed by atoms with Gasteiger partial charge in [-0.2, -0.15) is 0 Å². The zero-order valence-corrected chi connectivity index (χ0v) is 14.3. The van der Waals surface area contributed by atoms with Gasteiger partial charge in [-0.05, 0) is 29.8 Å². The number of amides is 2. The number of carbonyl (C=O) groups is 2. The van der Waals surface area contributed by atoms with Crippen LogP contribution in [0.3, 0.4) is 0 Å². The van der Waals surface area contributed by atoms with Gasteiger partial charge in [-0.15, -0.1) is 0 Å². The first-order valence-corrected chi connectivity index (χ1v) is 8.47. The van der Waals surface area contributed by atoms with Crippen molar-refractivity contribution in [3.05, 3.63) is 60.4 Å². The minimum atomic E-state index is -0.822. The van der Waals surface area contributed by atoms with Crippen LogP contribution in [0.25, 0.3) is 0 Å². The number of fused-ring (bicyclic) bond motifs is 1. The van der Waals surface area contributed by atoms with Crippen LogP contribution in [0.5, 0.6) is 0 Å². The van der Waals surface area contributed by atoms with Crippen LogP contribution in [-0.4, -0.2) is 48.1 Å². The van der Waals surface area contributed by atoms with Gasteiger partial charge in [-0.25, -0.2) is 5.06 Å². The highest BCUT2D eigenvalue weighted by Gasteiger charge is 2.59. The molecule has 7 nitrogen and oxygen atoms in total. The number of aromatic nitrogens is 1. The maximum absolute atomic E-state index is 13.0. The molecule has 2 fully saturated rings. The summed E-state index contributed by atoms with van der Waals surface area (Å²) in [5.41, 5.74) is 1.68.